The van der Waals surface area contributed by atoms with Gasteiger partial charge in [0.1, 0.15) is 0 Å². The number of benzene rings is 1. The molecule has 2 N–H and O–H groups in total. The van der Waals surface area contributed by atoms with E-state index in [1.54, 1.807) is 16.7 Å². The van der Waals surface area contributed by atoms with Crippen LogP contribution >= 0.6 is 11.8 Å². The maximum absolute atomic E-state index is 12.4. The number of carbonyl (C=O) groups excluding carboxylic acids is 1. The minimum absolute atomic E-state index is 0.139. The lowest BCUT2D eigenvalue weighted by Gasteiger charge is -2.34. The Morgan fingerprint density at radius 2 is 1.83 bits per heavy atom. The van der Waals surface area contributed by atoms with Crippen LogP contribution in [0.5, 0.6) is 0 Å². The van der Waals surface area contributed by atoms with E-state index in [1.165, 1.54) is 0 Å². The molecule has 1 fully saturated rings. The molecule has 24 heavy (non-hydrogen) atoms. The lowest BCUT2D eigenvalue weighted by atomic mass is 9.91. The summed E-state index contributed by atoms with van der Waals surface area (Å²) in [6.07, 6.45) is 0.623. The Morgan fingerprint density at radius 1 is 1.21 bits per heavy atom. The van der Waals surface area contributed by atoms with E-state index in [2.05, 4.69) is 26.1 Å². The second-order valence-corrected chi connectivity index (χ2v) is 9.35. The molecule has 2 atom stereocenters. The fourth-order valence-electron chi connectivity index (χ4n) is 2.86. The first-order valence-electron chi connectivity index (χ1n) is 8.22. The molecule has 1 heterocycles. The van der Waals surface area contributed by atoms with Crippen LogP contribution in [0.15, 0.2) is 29.2 Å². The number of hydrogen-bond donors (Lipinski definition) is 2. The van der Waals surface area contributed by atoms with E-state index in [4.69, 9.17) is 0 Å². The van der Waals surface area contributed by atoms with E-state index in [1.807, 2.05) is 31.2 Å². The molecular formula is C18H26N2O3S. The summed E-state index contributed by atoms with van der Waals surface area (Å²) in [6.45, 7) is 9.31. The second kappa shape index (κ2) is 7.47. The van der Waals surface area contributed by atoms with Gasteiger partial charge in [-0.1, -0.05) is 27.7 Å². The monoisotopic (exact) mass is 350 g/mol. The van der Waals surface area contributed by atoms with Crippen molar-refractivity contribution in [3.63, 3.8) is 0 Å². The van der Waals surface area contributed by atoms with Crippen molar-refractivity contribution in [1.82, 2.24) is 4.90 Å². The normalized spacial score (nSPS) is 21.4. The van der Waals surface area contributed by atoms with Gasteiger partial charge >= 0.3 is 12.0 Å². The van der Waals surface area contributed by atoms with E-state index >= 15 is 0 Å². The molecular weight excluding hydrogens is 324 g/mol. The van der Waals surface area contributed by atoms with Gasteiger partial charge in [0, 0.05) is 28.4 Å². The fourth-order valence-corrected chi connectivity index (χ4v) is 3.84. The van der Waals surface area contributed by atoms with Crippen molar-refractivity contribution < 1.29 is 14.7 Å². The quantitative estimate of drug-likeness (QED) is 0.804. The molecule has 1 aromatic rings. The molecule has 5 nitrogen and oxygen atoms in total. The molecule has 0 aliphatic carbocycles. The topological polar surface area (TPSA) is 69.6 Å². The maximum atomic E-state index is 12.4. The van der Waals surface area contributed by atoms with Gasteiger partial charge in [-0.2, -0.15) is 0 Å². The highest BCUT2D eigenvalue weighted by molar-refractivity contribution is 8.00. The van der Waals surface area contributed by atoms with Crippen molar-refractivity contribution in [3.05, 3.63) is 24.3 Å². The van der Waals surface area contributed by atoms with Crippen LogP contribution in [0.25, 0.3) is 0 Å². The number of carboxylic acid groups (broad SMARTS) is 1. The van der Waals surface area contributed by atoms with Crippen LogP contribution in [0.4, 0.5) is 10.5 Å². The van der Waals surface area contributed by atoms with E-state index in [0.29, 0.717) is 13.0 Å². The van der Waals surface area contributed by atoms with E-state index in [-0.39, 0.29) is 23.2 Å². The molecule has 1 saturated heterocycles. The summed E-state index contributed by atoms with van der Waals surface area (Å²) in [7, 11) is 0. The van der Waals surface area contributed by atoms with Crippen molar-refractivity contribution in [2.24, 2.45) is 11.8 Å². The number of anilines is 1. The summed E-state index contributed by atoms with van der Waals surface area (Å²) in [6, 6.07) is 7.51. The van der Waals surface area contributed by atoms with Crippen molar-refractivity contribution in [1.29, 1.82) is 0 Å². The summed E-state index contributed by atoms with van der Waals surface area (Å²) in [5.74, 6) is -1.12. The van der Waals surface area contributed by atoms with Crippen molar-refractivity contribution in [2.75, 3.05) is 18.4 Å². The number of nitrogens with one attached hydrogen (secondary N) is 1. The summed E-state index contributed by atoms with van der Waals surface area (Å²) < 4.78 is 0.139. The van der Waals surface area contributed by atoms with Gasteiger partial charge in [0.05, 0.1) is 5.92 Å². The summed E-state index contributed by atoms with van der Waals surface area (Å²) in [4.78, 5) is 26.4. The Kier molecular flexibility index (Phi) is 5.80. The fraction of sp³-hybridized carbons (Fsp3) is 0.556. The number of likely N-dealkylation sites (tertiary alicyclic amines) is 1. The van der Waals surface area contributed by atoms with E-state index < -0.39 is 11.9 Å². The van der Waals surface area contributed by atoms with Crippen LogP contribution in [-0.2, 0) is 4.79 Å². The molecule has 2 rings (SSSR count). The Morgan fingerprint density at radius 3 is 2.38 bits per heavy atom. The maximum Gasteiger partial charge on any atom is 0.321 e. The van der Waals surface area contributed by atoms with Crippen LogP contribution in [0, 0.1) is 11.8 Å². The van der Waals surface area contributed by atoms with Gasteiger partial charge in [0.2, 0.25) is 0 Å². The first kappa shape index (κ1) is 18.6. The Hall–Kier alpha value is -1.69. The lowest BCUT2D eigenvalue weighted by Crippen LogP contribution is -2.47. The minimum Gasteiger partial charge on any atom is -0.481 e. The molecule has 0 saturated carbocycles. The number of thioether (sulfide) groups is 1. The van der Waals surface area contributed by atoms with Gasteiger partial charge in [-0.25, -0.2) is 4.79 Å². The average molecular weight is 350 g/mol. The third-order valence-electron chi connectivity index (χ3n) is 3.83. The third-order valence-corrected chi connectivity index (χ3v) is 4.95. The van der Waals surface area contributed by atoms with Crippen molar-refractivity contribution in [2.45, 2.75) is 43.8 Å². The second-order valence-electron chi connectivity index (χ2n) is 7.45. The first-order valence-corrected chi connectivity index (χ1v) is 9.03. The first-order chi connectivity index (χ1) is 11.1. The van der Waals surface area contributed by atoms with Crippen LogP contribution < -0.4 is 5.32 Å². The molecule has 2 amide bonds. The highest BCUT2D eigenvalue weighted by atomic mass is 32.2. The number of piperidine rings is 1. The van der Waals surface area contributed by atoms with E-state index in [9.17, 15) is 14.7 Å². The number of carboxylic acids is 1. The molecule has 2 unspecified atom stereocenters. The number of amides is 2. The molecule has 1 aliphatic heterocycles. The Balaban J connectivity index is 1.97. The lowest BCUT2D eigenvalue weighted by molar-refractivity contribution is -0.143. The standard InChI is InChI=1S/C18H26N2O3S/c1-12-9-13(16(21)22)11-20(10-12)17(23)19-14-5-7-15(8-6-14)24-18(2,3)4/h5-8,12-13H,9-11H2,1-4H3,(H,19,23)(H,21,22). The molecule has 0 radical (unpaired) electrons. The van der Waals surface area contributed by atoms with Gasteiger partial charge in [-0.15, -0.1) is 11.8 Å². The predicted octanol–water partition coefficient (Wildman–Crippen LogP) is 4.15. The largest absolute Gasteiger partial charge is 0.481 e. The van der Waals surface area contributed by atoms with Crippen LogP contribution in [0.2, 0.25) is 0 Å². The average Bonchev–Trinajstić information content (AvgIpc) is 2.47. The summed E-state index contributed by atoms with van der Waals surface area (Å²) >= 11 is 1.77. The molecule has 132 valence electrons. The SMILES string of the molecule is CC1CC(C(=O)O)CN(C(=O)Nc2ccc(SC(C)(C)C)cc2)C1. The molecule has 6 heteroatoms. The summed E-state index contributed by atoms with van der Waals surface area (Å²) in [5.41, 5.74) is 0.725. The third kappa shape index (κ3) is 5.44. The van der Waals surface area contributed by atoms with E-state index in [0.717, 1.165) is 10.6 Å². The van der Waals surface area contributed by atoms with Gasteiger partial charge in [0.25, 0.3) is 0 Å². The van der Waals surface area contributed by atoms with Gasteiger partial charge in [-0.05, 0) is 36.6 Å². The van der Waals surface area contributed by atoms with Crippen molar-refractivity contribution >= 4 is 29.4 Å². The molecule has 1 aliphatic rings. The molecule has 1 aromatic carbocycles. The smallest absolute Gasteiger partial charge is 0.321 e. The Labute approximate surface area is 147 Å². The number of rotatable bonds is 3. The number of nitrogens with zero attached hydrogens (tertiary/aromatic N) is 1. The van der Waals surface area contributed by atoms with Crippen LogP contribution in [-0.4, -0.2) is 39.8 Å². The number of urea groups is 1. The molecule has 0 aromatic heterocycles. The van der Waals surface area contributed by atoms with Gasteiger partial charge in [-0.3, -0.25) is 4.79 Å². The highest BCUT2D eigenvalue weighted by Crippen LogP contribution is 2.32. The number of carbonyl (C=O) groups is 2. The highest BCUT2D eigenvalue weighted by Gasteiger charge is 2.31. The molecule has 0 bridgehead atoms. The number of aliphatic carboxylic acids is 1. The van der Waals surface area contributed by atoms with Gasteiger partial charge in [0.15, 0.2) is 0 Å². The number of hydrogen-bond acceptors (Lipinski definition) is 3. The van der Waals surface area contributed by atoms with Gasteiger partial charge < -0.3 is 15.3 Å². The van der Waals surface area contributed by atoms with Crippen LogP contribution in [0.3, 0.4) is 0 Å². The molecule has 0 spiro atoms. The Bertz CT molecular complexity index is 595. The zero-order valence-corrected chi connectivity index (χ0v) is 15.5. The van der Waals surface area contributed by atoms with Crippen molar-refractivity contribution in [3.8, 4) is 0 Å². The summed E-state index contributed by atoms with van der Waals surface area (Å²) in [5, 5.41) is 12.1. The minimum atomic E-state index is -0.831. The zero-order chi connectivity index (χ0) is 17.9. The van der Waals surface area contributed by atoms with Crippen LogP contribution in [0.1, 0.15) is 34.1 Å². The predicted molar refractivity (Wildman–Crippen MR) is 97.6 cm³/mol. The zero-order valence-electron chi connectivity index (χ0n) is 14.7.